The topological polar surface area (TPSA) is 111 Å². The second kappa shape index (κ2) is 10.8. The summed E-state index contributed by atoms with van der Waals surface area (Å²) in [6, 6.07) is 8.84. The average molecular weight is 487 g/mol. The molecule has 34 heavy (non-hydrogen) atoms. The minimum Gasteiger partial charge on any atom is -0.490 e. The molecule has 2 aromatic rings. The number of halogens is 1. The zero-order valence-electron chi connectivity index (χ0n) is 18.8. The van der Waals surface area contributed by atoms with Crippen molar-refractivity contribution in [1.82, 2.24) is 5.32 Å². The molecule has 0 spiro atoms. The third kappa shape index (κ3) is 5.55. The zero-order valence-corrected chi connectivity index (χ0v) is 19.6. The maximum atomic E-state index is 13.1. The number of rotatable bonds is 8. The fraction of sp³-hybridized carbons (Fsp3) is 0.250. The molecule has 0 aromatic heterocycles. The summed E-state index contributed by atoms with van der Waals surface area (Å²) in [5.41, 5.74) is 1.36. The lowest BCUT2D eigenvalue weighted by Crippen LogP contribution is -2.54. The molecule has 1 aliphatic rings. The normalized spacial score (nSPS) is 14.8. The van der Waals surface area contributed by atoms with E-state index >= 15 is 0 Å². The number of carbonyl (C=O) groups is 4. The summed E-state index contributed by atoms with van der Waals surface area (Å²) in [6.07, 6.45) is 1.30. The molecule has 1 fully saturated rings. The van der Waals surface area contributed by atoms with Crippen molar-refractivity contribution in [1.29, 1.82) is 0 Å². The van der Waals surface area contributed by atoms with E-state index < -0.39 is 23.8 Å². The largest absolute Gasteiger partial charge is 0.490 e. The van der Waals surface area contributed by atoms with E-state index in [0.717, 1.165) is 10.5 Å². The van der Waals surface area contributed by atoms with Gasteiger partial charge in [-0.3, -0.25) is 14.9 Å². The van der Waals surface area contributed by atoms with Crippen molar-refractivity contribution in [2.24, 2.45) is 0 Å². The van der Waals surface area contributed by atoms with Gasteiger partial charge in [-0.25, -0.2) is 14.5 Å². The number of benzene rings is 2. The van der Waals surface area contributed by atoms with Crippen LogP contribution in [0.1, 0.15) is 25.0 Å². The second-order valence-corrected chi connectivity index (χ2v) is 7.56. The highest BCUT2D eigenvalue weighted by Crippen LogP contribution is 2.37. The Morgan fingerprint density at radius 1 is 1.06 bits per heavy atom. The lowest BCUT2D eigenvalue weighted by molar-refractivity contribution is -0.145. The molecule has 1 aliphatic heterocycles. The predicted molar refractivity (Wildman–Crippen MR) is 125 cm³/mol. The molecule has 0 atom stereocenters. The predicted octanol–water partition coefficient (Wildman–Crippen LogP) is 3.66. The number of anilines is 1. The lowest BCUT2D eigenvalue weighted by atomic mass is 10.1. The van der Waals surface area contributed by atoms with Gasteiger partial charge < -0.3 is 14.2 Å². The van der Waals surface area contributed by atoms with Gasteiger partial charge in [0.25, 0.3) is 11.8 Å². The molecular formula is C24H23ClN2O7. The van der Waals surface area contributed by atoms with E-state index in [4.69, 9.17) is 25.8 Å². The van der Waals surface area contributed by atoms with Crippen LogP contribution in [0.3, 0.4) is 0 Å². The fourth-order valence-electron chi connectivity index (χ4n) is 3.16. The number of carbonyl (C=O) groups excluding carboxylic acids is 4. The standard InChI is InChI=1S/C24H23ClN2O7/c1-4-32-19-12-15(11-18(25)21(19)34-13-20(28)33-5-2)10-17-22(29)26-24(31)27(23(17)30)16-8-6-14(3)7-9-16/h6-12H,4-5,13H2,1-3H3,(H,26,29,31)/b17-10+. The van der Waals surface area contributed by atoms with Crippen molar-refractivity contribution in [3.63, 3.8) is 0 Å². The molecule has 0 unspecified atom stereocenters. The van der Waals surface area contributed by atoms with Gasteiger partial charge in [0, 0.05) is 0 Å². The summed E-state index contributed by atoms with van der Waals surface area (Å²) in [7, 11) is 0. The summed E-state index contributed by atoms with van der Waals surface area (Å²) < 4.78 is 15.9. The third-order valence-electron chi connectivity index (χ3n) is 4.68. The Morgan fingerprint density at radius 2 is 1.76 bits per heavy atom. The van der Waals surface area contributed by atoms with Gasteiger partial charge in [0.05, 0.1) is 23.9 Å². The number of esters is 1. The van der Waals surface area contributed by atoms with Crippen LogP contribution in [0.4, 0.5) is 10.5 Å². The maximum absolute atomic E-state index is 13.1. The molecule has 0 aliphatic carbocycles. The molecule has 1 heterocycles. The van der Waals surface area contributed by atoms with Gasteiger partial charge >= 0.3 is 12.0 Å². The number of imide groups is 2. The van der Waals surface area contributed by atoms with Crippen LogP contribution in [-0.4, -0.2) is 43.6 Å². The van der Waals surface area contributed by atoms with Crippen LogP contribution < -0.4 is 19.7 Å². The van der Waals surface area contributed by atoms with Gasteiger partial charge in [-0.05, 0) is 56.7 Å². The van der Waals surface area contributed by atoms with Crippen LogP contribution in [-0.2, 0) is 19.1 Å². The summed E-state index contributed by atoms with van der Waals surface area (Å²) in [4.78, 5) is 50.4. The van der Waals surface area contributed by atoms with E-state index in [0.29, 0.717) is 11.3 Å². The summed E-state index contributed by atoms with van der Waals surface area (Å²) in [5, 5.41) is 2.27. The molecule has 1 N–H and O–H groups in total. The molecule has 4 amide bonds. The number of hydrogen-bond acceptors (Lipinski definition) is 7. The Kier molecular flexibility index (Phi) is 7.91. The lowest BCUT2D eigenvalue weighted by Gasteiger charge is -2.26. The second-order valence-electron chi connectivity index (χ2n) is 7.15. The summed E-state index contributed by atoms with van der Waals surface area (Å²) in [5.74, 6) is -1.86. The van der Waals surface area contributed by atoms with Crippen molar-refractivity contribution < 1.29 is 33.4 Å². The van der Waals surface area contributed by atoms with Gasteiger partial charge in [-0.1, -0.05) is 29.3 Å². The fourth-order valence-corrected chi connectivity index (χ4v) is 3.43. The number of nitrogens with zero attached hydrogens (tertiary/aromatic N) is 1. The Labute approximate surface area is 201 Å². The van der Waals surface area contributed by atoms with E-state index in [1.165, 1.54) is 18.2 Å². The molecular weight excluding hydrogens is 464 g/mol. The zero-order chi connectivity index (χ0) is 24.8. The summed E-state index contributed by atoms with van der Waals surface area (Å²) >= 11 is 6.35. The SMILES string of the molecule is CCOC(=O)COc1c(Cl)cc(/C=C2\C(=O)NC(=O)N(c3ccc(C)cc3)C2=O)cc1OCC. The quantitative estimate of drug-likeness (QED) is 0.344. The number of amides is 4. The number of aryl methyl sites for hydroxylation is 1. The van der Waals surface area contributed by atoms with E-state index in [1.807, 2.05) is 6.92 Å². The monoisotopic (exact) mass is 486 g/mol. The maximum Gasteiger partial charge on any atom is 0.344 e. The minimum atomic E-state index is -0.841. The van der Waals surface area contributed by atoms with E-state index in [1.54, 1.807) is 38.1 Å². The van der Waals surface area contributed by atoms with Crippen LogP contribution in [0.25, 0.3) is 6.08 Å². The van der Waals surface area contributed by atoms with Crippen molar-refractivity contribution in [3.05, 3.63) is 58.1 Å². The van der Waals surface area contributed by atoms with Crippen LogP contribution in [0.15, 0.2) is 42.0 Å². The van der Waals surface area contributed by atoms with Crippen molar-refractivity contribution >= 4 is 47.2 Å². The number of ether oxygens (including phenoxy) is 3. The Balaban J connectivity index is 1.95. The van der Waals surface area contributed by atoms with E-state index in [2.05, 4.69) is 5.32 Å². The molecule has 178 valence electrons. The van der Waals surface area contributed by atoms with Gasteiger partial charge in [-0.2, -0.15) is 0 Å². The van der Waals surface area contributed by atoms with Gasteiger partial charge in [0.1, 0.15) is 5.57 Å². The van der Waals surface area contributed by atoms with Crippen LogP contribution in [0, 0.1) is 6.92 Å². The highest BCUT2D eigenvalue weighted by Gasteiger charge is 2.36. The highest BCUT2D eigenvalue weighted by molar-refractivity contribution is 6.39. The van der Waals surface area contributed by atoms with Crippen molar-refractivity contribution in [2.45, 2.75) is 20.8 Å². The van der Waals surface area contributed by atoms with Crippen molar-refractivity contribution in [2.75, 3.05) is 24.7 Å². The van der Waals surface area contributed by atoms with Crippen molar-refractivity contribution in [3.8, 4) is 11.5 Å². The highest BCUT2D eigenvalue weighted by atomic mass is 35.5. The Hall–Kier alpha value is -3.85. The molecule has 0 bridgehead atoms. The Bertz CT molecular complexity index is 1160. The number of urea groups is 1. The Morgan fingerprint density at radius 3 is 2.41 bits per heavy atom. The van der Waals surface area contributed by atoms with Crippen LogP contribution in [0.5, 0.6) is 11.5 Å². The molecule has 2 aromatic carbocycles. The first-order valence-electron chi connectivity index (χ1n) is 10.5. The molecule has 9 nitrogen and oxygen atoms in total. The van der Waals surface area contributed by atoms with Crippen LogP contribution in [0.2, 0.25) is 5.02 Å². The first-order valence-corrected chi connectivity index (χ1v) is 10.9. The molecule has 0 saturated carbocycles. The first-order chi connectivity index (χ1) is 16.2. The molecule has 10 heteroatoms. The average Bonchev–Trinajstić information content (AvgIpc) is 2.77. The third-order valence-corrected chi connectivity index (χ3v) is 4.96. The van der Waals surface area contributed by atoms with E-state index in [9.17, 15) is 19.2 Å². The van der Waals surface area contributed by atoms with Gasteiger partial charge in [0.2, 0.25) is 0 Å². The number of nitrogens with one attached hydrogen (secondary N) is 1. The van der Waals surface area contributed by atoms with Crippen LogP contribution >= 0.6 is 11.6 Å². The van der Waals surface area contributed by atoms with Gasteiger partial charge in [0.15, 0.2) is 18.1 Å². The smallest absolute Gasteiger partial charge is 0.344 e. The minimum absolute atomic E-state index is 0.0947. The molecule has 1 saturated heterocycles. The molecule has 3 rings (SSSR count). The van der Waals surface area contributed by atoms with E-state index in [-0.39, 0.29) is 41.9 Å². The number of hydrogen-bond donors (Lipinski definition) is 1. The summed E-state index contributed by atoms with van der Waals surface area (Å²) in [6.45, 7) is 5.39. The molecule has 0 radical (unpaired) electrons. The van der Waals surface area contributed by atoms with Gasteiger partial charge in [-0.15, -0.1) is 0 Å². The first kappa shape index (κ1) is 24.8. The number of barbiturate groups is 1.